The first-order valence-corrected chi connectivity index (χ1v) is 7.55. The maximum absolute atomic E-state index is 12.0. The summed E-state index contributed by atoms with van der Waals surface area (Å²) in [6, 6.07) is 7.60. The predicted octanol–water partition coefficient (Wildman–Crippen LogP) is 3.54. The lowest BCUT2D eigenvalue weighted by atomic mass is 10.0. The Morgan fingerprint density at radius 2 is 1.67 bits per heavy atom. The third-order valence-electron chi connectivity index (χ3n) is 2.84. The van der Waals surface area contributed by atoms with Crippen LogP contribution < -0.4 is 0 Å². The van der Waals surface area contributed by atoms with E-state index in [0.717, 1.165) is 0 Å². The highest BCUT2D eigenvalue weighted by Gasteiger charge is 2.22. The van der Waals surface area contributed by atoms with Crippen molar-refractivity contribution in [3.05, 3.63) is 35.4 Å². The monoisotopic (exact) mass is 266 g/mol. The van der Waals surface area contributed by atoms with Crippen molar-refractivity contribution in [3.8, 4) is 0 Å². The molecule has 100 valence electrons. The molecule has 2 nitrogen and oxygen atoms in total. The van der Waals surface area contributed by atoms with Gasteiger partial charge in [-0.1, -0.05) is 38.1 Å². The Morgan fingerprint density at radius 3 is 2.06 bits per heavy atom. The lowest BCUT2D eigenvalue weighted by Crippen LogP contribution is -2.27. The summed E-state index contributed by atoms with van der Waals surface area (Å²) in [6.45, 7) is 9.89. The zero-order valence-corrected chi connectivity index (χ0v) is 12.6. The summed E-state index contributed by atoms with van der Waals surface area (Å²) in [5.41, 5.74) is 1.86. The van der Waals surface area contributed by atoms with Gasteiger partial charge >= 0.3 is 0 Å². The average molecular weight is 266 g/mol. The van der Waals surface area contributed by atoms with Crippen LogP contribution in [0.3, 0.4) is 0 Å². The maximum Gasteiger partial charge on any atom is 0.175 e. The Labute approximate surface area is 112 Å². The SMILES string of the molecule is CC(C)c1ccc(C(=O)CS(=O)C(C)(C)C)cc1. The zero-order chi connectivity index (χ0) is 13.9. The fourth-order valence-electron chi connectivity index (χ4n) is 1.47. The van der Waals surface area contributed by atoms with Crippen LogP contribution in [0.5, 0.6) is 0 Å². The standard InChI is InChI=1S/C15H22O2S/c1-11(2)12-6-8-13(9-7-12)14(16)10-18(17)15(3,4)5/h6-9,11H,10H2,1-5H3. The molecule has 18 heavy (non-hydrogen) atoms. The van der Waals surface area contributed by atoms with Gasteiger partial charge in [0.1, 0.15) is 0 Å². The first kappa shape index (κ1) is 15.1. The smallest absolute Gasteiger partial charge is 0.175 e. The van der Waals surface area contributed by atoms with Crippen molar-refractivity contribution < 1.29 is 9.00 Å². The van der Waals surface area contributed by atoms with Crippen LogP contribution >= 0.6 is 0 Å². The van der Waals surface area contributed by atoms with Crippen LogP contribution in [0.4, 0.5) is 0 Å². The van der Waals surface area contributed by atoms with E-state index in [-0.39, 0.29) is 16.3 Å². The van der Waals surface area contributed by atoms with Crippen LogP contribution in [0.15, 0.2) is 24.3 Å². The molecule has 0 amide bonds. The summed E-state index contributed by atoms with van der Waals surface area (Å²) in [6.07, 6.45) is 0. The molecule has 3 heteroatoms. The van der Waals surface area contributed by atoms with E-state index >= 15 is 0 Å². The van der Waals surface area contributed by atoms with Gasteiger partial charge in [-0.3, -0.25) is 9.00 Å². The van der Waals surface area contributed by atoms with Gasteiger partial charge < -0.3 is 0 Å². The fourth-order valence-corrected chi connectivity index (χ4v) is 2.31. The second-order valence-corrected chi connectivity index (χ2v) is 8.01. The lowest BCUT2D eigenvalue weighted by molar-refractivity contribution is 0.102. The molecule has 0 spiro atoms. The number of Topliss-reactive ketones (excluding diaryl/α,β-unsaturated/α-hetero) is 1. The number of benzene rings is 1. The van der Waals surface area contributed by atoms with Crippen LogP contribution in [0.2, 0.25) is 0 Å². The molecular formula is C15H22O2S. The highest BCUT2D eigenvalue weighted by atomic mass is 32.2. The molecule has 0 bridgehead atoms. The molecule has 1 aromatic carbocycles. The van der Waals surface area contributed by atoms with E-state index < -0.39 is 10.8 Å². The van der Waals surface area contributed by atoms with E-state index in [1.54, 1.807) is 0 Å². The van der Waals surface area contributed by atoms with Crippen molar-refractivity contribution in [1.29, 1.82) is 0 Å². The molecule has 0 heterocycles. The molecule has 0 fully saturated rings. The van der Waals surface area contributed by atoms with Gasteiger partial charge in [-0.05, 0) is 32.3 Å². The molecule has 0 aliphatic heterocycles. The zero-order valence-electron chi connectivity index (χ0n) is 11.8. The van der Waals surface area contributed by atoms with Gasteiger partial charge in [-0.2, -0.15) is 0 Å². The van der Waals surface area contributed by atoms with Crippen molar-refractivity contribution in [2.45, 2.75) is 45.3 Å². The van der Waals surface area contributed by atoms with E-state index in [1.165, 1.54) is 5.56 Å². The van der Waals surface area contributed by atoms with Gasteiger partial charge in [0.15, 0.2) is 5.78 Å². The molecule has 1 atom stereocenters. The molecule has 1 unspecified atom stereocenters. The van der Waals surface area contributed by atoms with Crippen molar-refractivity contribution in [2.75, 3.05) is 5.75 Å². The van der Waals surface area contributed by atoms with E-state index in [9.17, 15) is 9.00 Å². The van der Waals surface area contributed by atoms with E-state index in [1.807, 2.05) is 45.0 Å². The lowest BCUT2D eigenvalue weighted by Gasteiger charge is -2.17. The van der Waals surface area contributed by atoms with Crippen LogP contribution in [-0.4, -0.2) is 20.5 Å². The third kappa shape index (κ3) is 4.05. The quantitative estimate of drug-likeness (QED) is 0.781. The number of hydrogen-bond donors (Lipinski definition) is 0. The van der Waals surface area contributed by atoms with Crippen LogP contribution in [0, 0.1) is 0 Å². The minimum Gasteiger partial charge on any atom is -0.293 e. The highest BCUT2D eigenvalue weighted by Crippen LogP contribution is 2.17. The van der Waals surface area contributed by atoms with Crippen molar-refractivity contribution in [3.63, 3.8) is 0 Å². The molecular weight excluding hydrogens is 244 g/mol. The van der Waals surface area contributed by atoms with E-state index in [2.05, 4.69) is 13.8 Å². The maximum atomic E-state index is 12.0. The predicted molar refractivity (Wildman–Crippen MR) is 77.6 cm³/mol. The Morgan fingerprint density at radius 1 is 1.17 bits per heavy atom. The molecule has 1 rings (SSSR count). The first-order valence-electron chi connectivity index (χ1n) is 6.23. The molecule has 1 aromatic rings. The summed E-state index contributed by atoms with van der Waals surface area (Å²) < 4.78 is 11.6. The molecule has 0 N–H and O–H groups in total. The van der Waals surface area contributed by atoms with Crippen LogP contribution in [0.1, 0.15) is 56.5 Å². The normalized spacial score (nSPS) is 13.7. The van der Waals surface area contributed by atoms with Gasteiger partial charge in [0.25, 0.3) is 0 Å². The van der Waals surface area contributed by atoms with Crippen molar-refractivity contribution in [1.82, 2.24) is 0 Å². The van der Waals surface area contributed by atoms with E-state index in [4.69, 9.17) is 0 Å². The number of carbonyl (C=O) groups is 1. The summed E-state index contributed by atoms with van der Waals surface area (Å²) in [7, 11) is -1.13. The molecule has 0 saturated heterocycles. The van der Waals surface area contributed by atoms with Gasteiger partial charge in [0, 0.05) is 21.1 Å². The van der Waals surface area contributed by atoms with Crippen molar-refractivity contribution in [2.24, 2.45) is 0 Å². The first-order chi connectivity index (χ1) is 8.21. The van der Waals surface area contributed by atoms with Crippen molar-refractivity contribution >= 4 is 16.6 Å². The summed E-state index contributed by atoms with van der Waals surface area (Å²) in [5, 5.41) is 0. The Balaban J connectivity index is 2.77. The average Bonchev–Trinajstić information content (AvgIpc) is 2.27. The number of ketones is 1. The summed E-state index contributed by atoms with van der Waals surface area (Å²) in [4.78, 5) is 12.0. The number of rotatable bonds is 4. The highest BCUT2D eigenvalue weighted by molar-refractivity contribution is 7.87. The minimum atomic E-state index is -1.13. The summed E-state index contributed by atoms with van der Waals surface area (Å²) in [5.74, 6) is 0.515. The fraction of sp³-hybridized carbons (Fsp3) is 0.533. The number of carbonyl (C=O) groups excluding carboxylic acids is 1. The van der Waals surface area contributed by atoms with Gasteiger partial charge in [-0.15, -0.1) is 0 Å². The van der Waals surface area contributed by atoms with Gasteiger partial charge in [0.2, 0.25) is 0 Å². The summed E-state index contributed by atoms with van der Waals surface area (Å²) >= 11 is 0. The third-order valence-corrected chi connectivity index (χ3v) is 4.73. The minimum absolute atomic E-state index is 0.0430. The second-order valence-electron chi connectivity index (χ2n) is 5.80. The molecule has 0 aliphatic rings. The molecule has 0 aliphatic carbocycles. The Kier molecular flexibility index (Phi) is 4.85. The molecule has 0 aromatic heterocycles. The number of hydrogen-bond acceptors (Lipinski definition) is 2. The van der Waals surface area contributed by atoms with Crippen LogP contribution in [0.25, 0.3) is 0 Å². The van der Waals surface area contributed by atoms with E-state index in [0.29, 0.717) is 11.5 Å². The van der Waals surface area contributed by atoms with Crippen LogP contribution in [-0.2, 0) is 10.8 Å². The molecule has 0 saturated carbocycles. The Bertz CT molecular complexity index is 439. The molecule has 0 radical (unpaired) electrons. The largest absolute Gasteiger partial charge is 0.293 e. The second kappa shape index (κ2) is 5.79. The Hall–Kier alpha value is -0.960. The topological polar surface area (TPSA) is 34.1 Å². The van der Waals surface area contributed by atoms with Gasteiger partial charge in [-0.25, -0.2) is 0 Å². The van der Waals surface area contributed by atoms with Gasteiger partial charge in [0.05, 0.1) is 5.75 Å².